The van der Waals surface area contributed by atoms with Crippen LogP contribution in [0.3, 0.4) is 0 Å². The lowest BCUT2D eigenvalue weighted by Gasteiger charge is -2.16. The lowest BCUT2D eigenvalue weighted by Crippen LogP contribution is -2.29. The first-order valence-corrected chi connectivity index (χ1v) is 10.5. The van der Waals surface area contributed by atoms with Crippen LogP contribution in [0.25, 0.3) is 0 Å². The first-order chi connectivity index (χ1) is 16.0. The van der Waals surface area contributed by atoms with Crippen molar-refractivity contribution in [1.82, 2.24) is 0 Å². The number of esters is 3. The average Bonchev–Trinajstić information content (AvgIpc) is 2.80. The molecule has 0 aromatic carbocycles. The Bertz CT molecular complexity index is 800. The van der Waals surface area contributed by atoms with Crippen molar-refractivity contribution in [3.63, 3.8) is 0 Å². The minimum atomic E-state index is -0.964. The maximum absolute atomic E-state index is 12.0. The molecule has 6 heteroatoms. The molecule has 0 aliphatic carbocycles. The highest BCUT2D eigenvalue weighted by atomic mass is 16.6. The van der Waals surface area contributed by atoms with E-state index in [0.717, 1.165) is 0 Å². The summed E-state index contributed by atoms with van der Waals surface area (Å²) >= 11 is 0. The Morgan fingerprint density at radius 1 is 0.515 bits per heavy atom. The van der Waals surface area contributed by atoms with Crippen LogP contribution in [-0.2, 0) is 28.6 Å². The third-order valence-corrected chi connectivity index (χ3v) is 3.38. The van der Waals surface area contributed by atoms with Crippen molar-refractivity contribution in [2.75, 3.05) is 13.2 Å². The summed E-state index contributed by atoms with van der Waals surface area (Å²) in [6.45, 7) is 5.08. The van der Waals surface area contributed by atoms with Gasteiger partial charge in [-0.1, -0.05) is 91.1 Å². The summed E-state index contributed by atoms with van der Waals surface area (Å²) in [7, 11) is 0. The molecule has 0 aromatic rings. The van der Waals surface area contributed by atoms with Crippen molar-refractivity contribution in [3.05, 3.63) is 109 Å². The van der Waals surface area contributed by atoms with E-state index >= 15 is 0 Å². The van der Waals surface area contributed by atoms with Crippen LogP contribution in [0.1, 0.15) is 20.8 Å². The molecule has 0 aliphatic rings. The van der Waals surface area contributed by atoms with Crippen molar-refractivity contribution in [3.8, 4) is 0 Å². The second-order valence-electron chi connectivity index (χ2n) is 6.13. The smallest absolute Gasteiger partial charge is 0.331 e. The molecule has 0 N–H and O–H groups in total. The number of hydrogen-bond acceptors (Lipinski definition) is 6. The lowest BCUT2D eigenvalue weighted by molar-refractivity contribution is -0.160. The molecule has 0 heterocycles. The van der Waals surface area contributed by atoms with Gasteiger partial charge in [0.15, 0.2) is 6.10 Å². The normalized spacial score (nSPS) is 13.1. The fourth-order valence-corrected chi connectivity index (χ4v) is 1.89. The van der Waals surface area contributed by atoms with Crippen LogP contribution in [0.4, 0.5) is 0 Å². The predicted molar refractivity (Wildman–Crippen MR) is 131 cm³/mol. The van der Waals surface area contributed by atoms with Gasteiger partial charge >= 0.3 is 17.9 Å². The van der Waals surface area contributed by atoms with E-state index in [4.69, 9.17) is 14.2 Å². The fourth-order valence-electron chi connectivity index (χ4n) is 1.89. The molecule has 0 bridgehead atoms. The van der Waals surface area contributed by atoms with Gasteiger partial charge in [-0.15, -0.1) is 0 Å². The largest absolute Gasteiger partial charge is 0.458 e. The molecule has 33 heavy (non-hydrogen) atoms. The number of hydrogen-bond donors (Lipinski definition) is 0. The third-order valence-electron chi connectivity index (χ3n) is 3.38. The quantitative estimate of drug-likeness (QED) is 0.159. The molecular weight excluding hydrogens is 420 g/mol. The highest BCUT2D eigenvalue weighted by molar-refractivity contribution is 5.83. The summed E-state index contributed by atoms with van der Waals surface area (Å²) in [6.07, 6.45) is 28.5. The molecule has 0 atom stereocenters. The maximum atomic E-state index is 12.0. The fraction of sp³-hybridized carbons (Fsp3) is 0.222. The molecular formula is C27H32O6. The first-order valence-electron chi connectivity index (χ1n) is 10.5. The minimum Gasteiger partial charge on any atom is -0.458 e. The van der Waals surface area contributed by atoms with Gasteiger partial charge in [0.05, 0.1) is 0 Å². The third kappa shape index (κ3) is 19.8. The maximum Gasteiger partial charge on any atom is 0.331 e. The van der Waals surface area contributed by atoms with Crippen molar-refractivity contribution in [2.45, 2.75) is 26.9 Å². The van der Waals surface area contributed by atoms with Crippen molar-refractivity contribution < 1.29 is 28.6 Å². The molecule has 0 aliphatic heterocycles. The molecule has 0 saturated carbocycles. The Morgan fingerprint density at radius 2 is 0.848 bits per heavy atom. The van der Waals surface area contributed by atoms with E-state index in [-0.39, 0.29) is 13.2 Å². The molecule has 0 amide bonds. The van der Waals surface area contributed by atoms with E-state index in [1.54, 1.807) is 42.5 Å². The molecule has 0 aromatic heterocycles. The lowest BCUT2D eigenvalue weighted by atomic mass is 10.3. The zero-order chi connectivity index (χ0) is 24.6. The Hall–Kier alpha value is -3.93. The zero-order valence-corrected chi connectivity index (χ0v) is 19.3. The summed E-state index contributed by atoms with van der Waals surface area (Å²) in [5.41, 5.74) is 0. The zero-order valence-electron chi connectivity index (χ0n) is 19.3. The van der Waals surface area contributed by atoms with Crippen LogP contribution in [0.15, 0.2) is 109 Å². The van der Waals surface area contributed by atoms with E-state index in [1.165, 1.54) is 36.5 Å². The monoisotopic (exact) mass is 452 g/mol. The molecule has 6 nitrogen and oxygen atoms in total. The van der Waals surface area contributed by atoms with Gasteiger partial charge in [-0.2, -0.15) is 0 Å². The van der Waals surface area contributed by atoms with Gasteiger partial charge in [0.2, 0.25) is 0 Å². The molecule has 0 saturated heterocycles. The van der Waals surface area contributed by atoms with Crippen molar-refractivity contribution >= 4 is 17.9 Å². The van der Waals surface area contributed by atoms with Gasteiger partial charge in [0, 0.05) is 18.2 Å². The summed E-state index contributed by atoms with van der Waals surface area (Å²) < 4.78 is 15.4. The van der Waals surface area contributed by atoms with Gasteiger partial charge in [-0.25, -0.2) is 14.4 Å². The predicted octanol–water partition coefficient (Wildman–Crippen LogP) is 5.05. The molecule has 0 radical (unpaired) electrons. The van der Waals surface area contributed by atoms with E-state index in [1.807, 2.05) is 51.2 Å². The Morgan fingerprint density at radius 3 is 1.21 bits per heavy atom. The van der Waals surface area contributed by atoms with Crippen LogP contribution in [-0.4, -0.2) is 37.2 Å². The summed E-state index contributed by atoms with van der Waals surface area (Å²) in [6, 6.07) is 0. The second kappa shape index (κ2) is 21.3. The molecule has 0 rings (SSSR count). The van der Waals surface area contributed by atoms with Gasteiger partial charge in [-0.3, -0.25) is 0 Å². The first kappa shape index (κ1) is 29.1. The molecule has 176 valence electrons. The van der Waals surface area contributed by atoms with Gasteiger partial charge in [-0.05, 0) is 20.8 Å². The van der Waals surface area contributed by atoms with Crippen LogP contribution in [0.5, 0.6) is 0 Å². The van der Waals surface area contributed by atoms with Gasteiger partial charge < -0.3 is 14.2 Å². The van der Waals surface area contributed by atoms with Crippen LogP contribution in [0, 0.1) is 0 Å². The SMILES string of the molecule is C/C=C/C=C/C=C/C(=O)OCC(COC(=O)/C=C/C=C/C=C/C)OC(=O)/C=C/C=C/C=C/C. The Labute approximate surface area is 196 Å². The standard InChI is InChI=1S/C27H32O6/c1-4-7-10-13-16-19-25(28)31-22-24(33-27(30)21-18-15-12-9-6-3)23-32-26(29)20-17-14-11-8-5-2/h4-21,24H,22-23H2,1-3H3/b7-4+,8-5+,9-6+,13-10+,14-11+,15-12+,19-16+,20-17+,21-18+. The van der Waals surface area contributed by atoms with E-state index in [0.29, 0.717) is 0 Å². The number of carbonyl (C=O) groups is 3. The van der Waals surface area contributed by atoms with E-state index in [2.05, 4.69) is 0 Å². The van der Waals surface area contributed by atoms with Gasteiger partial charge in [0.1, 0.15) is 13.2 Å². The number of carbonyl (C=O) groups excluding carboxylic acids is 3. The summed E-state index contributed by atoms with van der Waals surface area (Å²) in [4.78, 5) is 35.7. The van der Waals surface area contributed by atoms with E-state index in [9.17, 15) is 14.4 Å². The van der Waals surface area contributed by atoms with Crippen molar-refractivity contribution in [2.24, 2.45) is 0 Å². The Kier molecular flexibility index (Phi) is 18.8. The number of allylic oxidation sites excluding steroid dienone is 15. The van der Waals surface area contributed by atoms with Crippen LogP contribution < -0.4 is 0 Å². The second-order valence-corrected chi connectivity index (χ2v) is 6.13. The summed E-state index contributed by atoms with van der Waals surface area (Å²) in [5.74, 6) is -1.90. The Balaban J connectivity index is 4.91. The van der Waals surface area contributed by atoms with Crippen LogP contribution >= 0.6 is 0 Å². The highest BCUT2D eigenvalue weighted by Crippen LogP contribution is 2.00. The summed E-state index contributed by atoms with van der Waals surface area (Å²) in [5, 5.41) is 0. The van der Waals surface area contributed by atoms with Crippen LogP contribution in [0.2, 0.25) is 0 Å². The minimum absolute atomic E-state index is 0.270. The topological polar surface area (TPSA) is 78.9 Å². The molecule has 0 spiro atoms. The van der Waals surface area contributed by atoms with E-state index < -0.39 is 24.0 Å². The average molecular weight is 453 g/mol. The van der Waals surface area contributed by atoms with Crippen molar-refractivity contribution in [1.29, 1.82) is 0 Å². The number of rotatable bonds is 14. The molecule has 0 fully saturated rings. The molecule has 0 unspecified atom stereocenters. The highest BCUT2D eigenvalue weighted by Gasteiger charge is 2.17. The number of ether oxygens (including phenoxy) is 3. The van der Waals surface area contributed by atoms with Gasteiger partial charge in [0.25, 0.3) is 0 Å².